The Bertz CT molecular complexity index is 553. The van der Waals surface area contributed by atoms with Gasteiger partial charge in [-0.3, -0.25) is 0 Å². The van der Waals surface area contributed by atoms with Crippen molar-refractivity contribution in [1.29, 1.82) is 0 Å². The van der Waals surface area contributed by atoms with Crippen molar-refractivity contribution in [2.24, 2.45) is 0 Å². The Morgan fingerprint density at radius 3 is 2.47 bits per heavy atom. The van der Waals surface area contributed by atoms with E-state index in [9.17, 15) is 8.78 Å². The van der Waals surface area contributed by atoms with Crippen LogP contribution in [-0.4, -0.2) is 0 Å². The summed E-state index contributed by atoms with van der Waals surface area (Å²) in [5.74, 6) is -1.14. The van der Waals surface area contributed by atoms with Crippen molar-refractivity contribution in [3.8, 4) is 0 Å². The first-order valence-electron chi connectivity index (χ1n) is 4.82. The third-order valence-corrected chi connectivity index (χ3v) is 3.71. The minimum Gasteiger partial charge on any atom is -0.469 e. The number of furan rings is 1. The van der Waals surface area contributed by atoms with Gasteiger partial charge in [-0.15, -0.1) is 0 Å². The molecule has 1 heterocycles. The predicted octanol–water partition coefficient (Wildman–Crippen LogP) is 5.00. The van der Waals surface area contributed by atoms with Crippen LogP contribution < -0.4 is 0 Å². The zero-order valence-corrected chi connectivity index (χ0v) is 11.1. The summed E-state index contributed by atoms with van der Waals surface area (Å²) in [5.41, 5.74) is 1.27. The molecule has 0 aliphatic rings. The average Bonchev–Trinajstić information content (AvgIpc) is 2.69. The maximum Gasteiger partial charge on any atom is 0.160 e. The van der Waals surface area contributed by atoms with E-state index in [1.807, 2.05) is 0 Å². The largest absolute Gasteiger partial charge is 0.469 e. The molecule has 5 heteroatoms. The summed E-state index contributed by atoms with van der Waals surface area (Å²) in [7, 11) is 0. The van der Waals surface area contributed by atoms with Crippen LogP contribution in [0.2, 0.25) is 5.02 Å². The Kier molecular flexibility index (Phi) is 3.54. The molecule has 2 rings (SSSR count). The van der Waals surface area contributed by atoms with Crippen molar-refractivity contribution in [1.82, 2.24) is 0 Å². The van der Waals surface area contributed by atoms with Crippen molar-refractivity contribution in [2.45, 2.75) is 11.8 Å². The molecule has 0 fully saturated rings. The molecule has 90 valence electrons. The quantitative estimate of drug-likeness (QED) is 0.560. The fraction of sp³-hybridized carbons (Fsp3) is 0.167. The smallest absolute Gasteiger partial charge is 0.160 e. The van der Waals surface area contributed by atoms with Crippen LogP contribution in [0.1, 0.15) is 21.7 Å². The van der Waals surface area contributed by atoms with Crippen LogP contribution in [0.4, 0.5) is 8.78 Å². The molecular weight excluding hydrogens is 313 g/mol. The van der Waals surface area contributed by atoms with Crippen molar-refractivity contribution >= 4 is 27.5 Å². The Morgan fingerprint density at radius 1 is 1.24 bits per heavy atom. The summed E-state index contributed by atoms with van der Waals surface area (Å²) in [5, 5.41) is 0.171. The van der Waals surface area contributed by atoms with Gasteiger partial charge in [-0.2, -0.15) is 0 Å². The SMILES string of the molecule is Cc1cc(C(Br)c2cc(F)c(F)cc2Cl)co1. The predicted molar refractivity (Wildman–Crippen MR) is 65.6 cm³/mol. The van der Waals surface area contributed by atoms with Crippen LogP contribution in [0.3, 0.4) is 0 Å². The van der Waals surface area contributed by atoms with Crippen molar-refractivity contribution in [3.63, 3.8) is 0 Å². The van der Waals surface area contributed by atoms with Crippen molar-refractivity contribution < 1.29 is 13.2 Å². The normalized spacial score (nSPS) is 12.8. The molecule has 0 radical (unpaired) electrons. The van der Waals surface area contributed by atoms with Gasteiger partial charge in [-0.05, 0) is 30.7 Å². The van der Waals surface area contributed by atoms with Gasteiger partial charge >= 0.3 is 0 Å². The Hall–Kier alpha value is -0.870. The average molecular weight is 322 g/mol. The molecule has 1 unspecified atom stereocenters. The number of hydrogen-bond acceptors (Lipinski definition) is 1. The van der Waals surface area contributed by atoms with Gasteiger partial charge in [0, 0.05) is 10.6 Å². The van der Waals surface area contributed by atoms with Gasteiger partial charge in [0.15, 0.2) is 11.6 Å². The summed E-state index contributed by atoms with van der Waals surface area (Å²) in [6, 6.07) is 3.85. The summed E-state index contributed by atoms with van der Waals surface area (Å²) in [6.07, 6.45) is 1.55. The van der Waals surface area contributed by atoms with Gasteiger partial charge in [0.05, 0.1) is 11.1 Å². The van der Waals surface area contributed by atoms with E-state index >= 15 is 0 Å². The van der Waals surface area contributed by atoms with E-state index in [0.29, 0.717) is 5.56 Å². The Morgan fingerprint density at radius 2 is 1.88 bits per heavy atom. The summed E-state index contributed by atoms with van der Waals surface area (Å²) in [6.45, 7) is 1.80. The minimum atomic E-state index is -0.957. The molecule has 1 aromatic heterocycles. The summed E-state index contributed by atoms with van der Waals surface area (Å²) >= 11 is 9.27. The molecule has 0 saturated carbocycles. The number of hydrogen-bond donors (Lipinski definition) is 0. The van der Waals surface area contributed by atoms with Crippen LogP contribution in [0.25, 0.3) is 0 Å². The van der Waals surface area contributed by atoms with Gasteiger partial charge in [0.25, 0.3) is 0 Å². The molecule has 0 bridgehead atoms. The van der Waals surface area contributed by atoms with Gasteiger partial charge < -0.3 is 4.42 Å². The second kappa shape index (κ2) is 4.78. The third-order valence-electron chi connectivity index (χ3n) is 2.36. The molecule has 0 aliphatic carbocycles. The number of aryl methyl sites for hydroxylation is 1. The lowest BCUT2D eigenvalue weighted by molar-refractivity contribution is 0.507. The summed E-state index contributed by atoms with van der Waals surface area (Å²) in [4.78, 5) is -0.331. The first-order chi connectivity index (χ1) is 7.99. The molecule has 1 nitrogen and oxygen atoms in total. The van der Waals surface area contributed by atoms with Crippen LogP contribution in [0, 0.1) is 18.6 Å². The Balaban J connectivity index is 2.43. The van der Waals surface area contributed by atoms with Gasteiger partial charge in [0.2, 0.25) is 0 Å². The van der Waals surface area contributed by atoms with Gasteiger partial charge in [-0.1, -0.05) is 27.5 Å². The fourth-order valence-corrected chi connectivity index (χ4v) is 2.52. The maximum atomic E-state index is 13.2. The van der Waals surface area contributed by atoms with Crippen molar-refractivity contribution in [2.75, 3.05) is 0 Å². The van der Waals surface area contributed by atoms with Crippen LogP contribution in [0.15, 0.2) is 28.9 Å². The van der Waals surface area contributed by atoms with E-state index < -0.39 is 11.6 Å². The number of benzene rings is 1. The standard InChI is InChI=1S/C12H8BrClF2O/c1-6-2-7(5-17-6)12(13)8-3-10(15)11(16)4-9(8)14/h2-5,12H,1H3. The monoisotopic (exact) mass is 320 g/mol. The first-order valence-corrected chi connectivity index (χ1v) is 6.12. The highest BCUT2D eigenvalue weighted by molar-refractivity contribution is 9.09. The van der Waals surface area contributed by atoms with E-state index in [-0.39, 0.29) is 9.85 Å². The third kappa shape index (κ3) is 2.53. The topological polar surface area (TPSA) is 13.1 Å². The van der Waals surface area contributed by atoms with E-state index in [0.717, 1.165) is 23.5 Å². The van der Waals surface area contributed by atoms with E-state index in [2.05, 4.69) is 15.9 Å². The number of halogens is 4. The van der Waals surface area contributed by atoms with Crippen LogP contribution in [0.5, 0.6) is 0 Å². The lowest BCUT2D eigenvalue weighted by Crippen LogP contribution is -1.95. The lowest BCUT2D eigenvalue weighted by Gasteiger charge is -2.10. The highest BCUT2D eigenvalue weighted by Crippen LogP contribution is 2.36. The second-order valence-electron chi connectivity index (χ2n) is 3.64. The molecule has 0 saturated heterocycles. The maximum absolute atomic E-state index is 13.2. The number of rotatable bonds is 2. The van der Waals surface area contributed by atoms with Gasteiger partial charge in [-0.25, -0.2) is 8.78 Å². The van der Waals surface area contributed by atoms with Crippen LogP contribution in [-0.2, 0) is 0 Å². The molecule has 0 amide bonds. The van der Waals surface area contributed by atoms with E-state index in [4.69, 9.17) is 16.0 Å². The molecule has 17 heavy (non-hydrogen) atoms. The zero-order valence-electron chi connectivity index (χ0n) is 8.81. The zero-order chi connectivity index (χ0) is 12.6. The first kappa shape index (κ1) is 12.6. The van der Waals surface area contributed by atoms with Gasteiger partial charge in [0.1, 0.15) is 5.76 Å². The lowest BCUT2D eigenvalue weighted by atomic mass is 10.1. The number of alkyl halides is 1. The van der Waals surface area contributed by atoms with Crippen LogP contribution >= 0.6 is 27.5 Å². The highest BCUT2D eigenvalue weighted by Gasteiger charge is 2.18. The fourth-order valence-electron chi connectivity index (χ4n) is 1.51. The molecule has 0 spiro atoms. The highest BCUT2D eigenvalue weighted by atomic mass is 79.9. The molecular formula is C12H8BrClF2O. The van der Waals surface area contributed by atoms with Crippen molar-refractivity contribution in [3.05, 3.63) is 58.0 Å². The summed E-state index contributed by atoms with van der Waals surface area (Å²) < 4.78 is 31.3. The molecule has 2 aromatic rings. The minimum absolute atomic E-state index is 0.171. The second-order valence-corrected chi connectivity index (χ2v) is 4.96. The molecule has 0 aliphatic heterocycles. The Labute approximate surface area is 111 Å². The molecule has 1 aromatic carbocycles. The van der Waals surface area contributed by atoms with E-state index in [1.165, 1.54) is 0 Å². The molecule has 1 atom stereocenters. The van der Waals surface area contributed by atoms with E-state index in [1.54, 1.807) is 19.3 Å². The molecule has 0 N–H and O–H groups in total.